The van der Waals surface area contributed by atoms with E-state index in [9.17, 15) is 0 Å². The molecule has 0 amide bonds. The zero-order valence-corrected chi connectivity index (χ0v) is 10.3. The summed E-state index contributed by atoms with van der Waals surface area (Å²) >= 11 is 0. The Hall–Kier alpha value is -2.04. The van der Waals surface area contributed by atoms with Crippen molar-refractivity contribution >= 4 is 17.2 Å². The maximum atomic E-state index is 4.70. The minimum absolute atomic E-state index is 0.719. The molecule has 3 rings (SSSR count). The number of nitrogens with one attached hydrogen (secondary N) is 1. The summed E-state index contributed by atoms with van der Waals surface area (Å²) in [4.78, 5) is 7.02. The third-order valence-corrected chi connectivity index (χ3v) is 3.22. The highest BCUT2D eigenvalue weighted by Gasteiger charge is 2.15. The third kappa shape index (κ3) is 1.92. The van der Waals surface area contributed by atoms with Crippen molar-refractivity contribution < 1.29 is 0 Å². The molecular formula is C13H17N5. The first-order valence-electron chi connectivity index (χ1n) is 6.32. The molecule has 0 saturated carbocycles. The van der Waals surface area contributed by atoms with Crippen molar-refractivity contribution in [2.75, 3.05) is 29.9 Å². The quantitative estimate of drug-likeness (QED) is 0.833. The van der Waals surface area contributed by atoms with Crippen molar-refractivity contribution in [2.24, 2.45) is 0 Å². The molecule has 5 nitrogen and oxygen atoms in total. The van der Waals surface area contributed by atoms with Crippen LogP contribution in [0.4, 0.5) is 11.5 Å². The molecule has 1 fully saturated rings. The molecule has 1 aliphatic rings. The standard InChI is InChI=1S/C13H17N5/c1-2-6-14-11-10-15-18-9-5-12(16-13(11)18)17-7-3-4-8-17/h2,5,9-10,14H,1,3-4,6-8H2. The Kier molecular flexibility index (Phi) is 2.88. The molecule has 2 aromatic rings. The lowest BCUT2D eigenvalue weighted by Gasteiger charge is -2.16. The molecule has 94 valence electrons. The zero-order chi connectivity index (χ0) is 12.4. The maximum Gasteiger partial charge on any atom is 0.180 e. The van der Waals surface area contributed by atoms with Gasteiger partial charge in [0.2, 0.25) is 0 Å². The molecule has 2 aromatic heterocycles. The normalized spacial score (nSPS) is 15.2. The van der Waals surface area contributed by atoms with Crippen molar-refractivity contribution in [1.29, 1.82) is 0 Å². The number of anilines is 2. The van der Waals surface area contributed by atoms with Crippen LogP contribution in [0.15, 0.2) is 31.1 Å². The van der Waals surface area contributed by atoms with E-state index in [1.165, 1.54) is 12.8 Å². The lowest BCUT2D eigenvalue weighted by molar-refractivity contribution is 0.899. The van der Waals surface area contributed by atoms with Gasteiger partial charge in [-0.2, -0.15) is 5.10 Å². The highest BCUT2D eigenvalue weighted by molar-refractivity contribution is 5.68. The van der Waals surface area contributed by atoms with Crippen LogP contribution in [0.25, 0.3) is 5.65 Å². The average Bonchev–Trinajstić information content (AvgIpc) is 3.05. The number of rotatable bonds is 4. The first kappa shape index (κ1) is 11.1. The van der Waals surface area contributed by atoms with Crippen LogP contribution in [-0.2, 0) is 0 Å². The van der Waals surface area contributed by atoms with Gasteiger partial charge in [0.05, 0.1) is 6.20 Å². The van der Waals surface area contributed by atoms with Crippen LogP contribution in [0, 0.1) is 0 Å². The molecule has 0 aromatic carbocycles. The molecule has 0 spiro atoms. The van der Waals surface area contributed by atoms with E-state index < -0.39 is 0 Å². The van der Waals surface area contributed by atoms with Crippen LogP contribution in [0.3, 0.4) is 0 Å². The van der Waals surface area contributed by atoms with E-state index in [0.29, 0.717) is 0 Å². The Balaban J connectivity index is 1.95. The van der Waals surface area contributed by atoms with Crippen molar-refractivity contribution in [3.63, 3.8) is 0 Å². The van der Waals surface area contributed by atoms with E-state index in [1.807, 2.05) is 18.3 Å². The topological polar surface area (TPSA) is 45.5 Å². The van der Waals surface area contributed by atoms with Gasteiger partial charge in [-0.15, -0.1) is 6.58 Å². The fourth-order valence-electron chi connectivity index (χ4n) is 2.29. The van der Waals surface area contributed by atoms with Gasteiger partial charge in [-0.1, -0.05) is 6.08 Å². The predicted molar refractivity (Wildman–Crippen MR) is 73.1 cm³/mol. The summed E-state index contributed by atoms with van der Waals surface area (Å²) in [7, 11) is 0. The fraction of sp³-hybridized carbons (Fsp3) is 0.385. The Morgan fingerprint density at radius 2 is 2.22 bits per heavy atom. The number of aromatic nitrogens is 3. The van der Waals surface area contributed by atoms with Crippen LogP contribution in [0.5, 0.6) is 0 Å². The number of hydrogen-bond acceptors (Lipinski definition) is 4. The second-order valence-electron chi connectivity index (χ2n) is 4.48. The fourth-order valence-corrected chi connectivity index (χ4v) is 2.29. The van der Waals surface area contributed by atoms with Crippen LogP contribution >= 0.6 is 0 Å². The summed E-state index contributed by atoms with van der Waals surface area (Å²) in [5.41, 5.74) is 1.83. The van der Waals surface area contributed by atoms with E-state index in [0.717, 1.165) is 36.8 Å². The number of nitrogens with zero attached hydrogens (tertiary/aromatic N) is 4. The minimum Gasteiger partial charge on any atom is -0.377 e. The van der Waals surface area contributed by atoms with E-state index in [4.69, 9.17) is 4.98 Å². The largest absolute Gasteiger partial charge is 0.377 e. The molecule has 0 aliphatic carbocycles. The molecule has 0 unspecified atom stereocenters. The first-order valence-corrected chi connectivity index (χ1v) is 6.32. The van der Waals surface area contributed by atoms with Crippen LogP contribution in [-0.4, -0.2) is 34.2 Å². The van der Waals surface area contributed by atoms with Gasteiger partial charge >= 0.3 is 0 Å². The van der Waals surface area contributed by atoms with E-state index in [1.54, 1.807) is 10.7 Å². The monoisotopic (exact) mass is 243 g/mol. The molecule has 5 heteroatoms. The average molecular weight is 243 g/mol. The summed E-state index contributed by atoms with van der Waals surface area (Å²) in [5.74, 6) is 1.04. The molecule has 1 aliphatic heterocycles. The predicted octanol–water partition coefficient (Wildman–Crippen LogP) is 1.93. The summed E-state index contributed by atoms with van der Waals surface area (Å²) in [6.07, 6.45) is 8.11. The van der Waals surface area contributed by atoms with Gasteiger partial charge in [0.25, 0.3) is 0 Å². The first-order chi connectivity index (χ1) is 8.88. The molecule has 0 bridgehead atoms. The summed E-state index contributed by atoms with van der Waals surface area (Å²) in [6.45, 7) is 6.63. The maximum absolute atomic E-state index is 4.70. The minimum atomic E-state index is 0.719. The van der Waals surface area contributed by atoms with Crippen molar-refractivity contribution in [3.8, 4) is 0 Å². The molecular weight excluding hydrogens is 226 g/mol. The van der Waals surface area contributed by atoms with Crippen molar-refractivity contribution in [1.82, 2.24) is 14.6 Å². The van der Waals surface area contributed by atoms with Crippen LogP contribution < -0.4 is 10.2 Å². The molecule has 1 N–H and O–H groups in total. The lowest BCUT2D eigenvalue weighted by atomic mass is 10.4. The third-order valence-electron chi connectivity index (χ3n) is 3.22. The molecule has 3 heterocycles. The molecule has 0 radical (unpaired) electrons. The summed E-state index contributed by atoms with van der Waals surface area (Å²) in [6, 6.07) is 2.03. The Morgan fingerprint density at radius 1 is 1.39 bits per heavy atom. The summed E-state index contributed by atoms with van der Waals surface area (Å²) < 4.78 is 1.80. The van der Waals surface area contributed by atoms with Gasteiger partial charge in [-0.25, -0.2) is 9.50 Å². The SMILES string of the molecule is C=CCNc1cnn2ccc(N3CCCC3)nc12. The van der Waals surface area contributed by atoms with E-state index in [-0.39, 0.29) is 0 Å². The Morgan fingerprint density at radius 3 is 3.00 bits per heavy atom. The second-order valence-corrected chi connectivity index (χ2v) is 4.48. The van der Waals surface area contributed by atoms with E-state index in [2.05, 4.69) is 21.9 Å². The molecule has 0 atom stereocenters. The van der Waals surface area contributed by atoms with Crippen LogP contribution in [0.2, 0.25) is 0 Å². The van der Waals surface area contributed by atoms with Crippen molar-refractivity contribution in [2.45, 2.75) is 12.8 Å². The smallest absolute Gasteiger partial charge is 0.180 e. The van der Waals surface area contributed by atoms with Crippen molar-refractivity contribution in [3.05, 3.63) is 31.1 Å². The van der Waals surface area contributed by atoms with Gasteiger partial charge in [0.1, 0.15) is 11.5 Å². The molecule has 18 heavy (non-hydrogen) atoms. The molecule has 1 saturated heterocycles. The summed E-state index contributed by atoms with van der Waals surface area (Å²) in [5, 5.41) is 7.53. The second kappa shape index (κ2) is 4.68. The van der Waals surface area contributed by atoms with Gasteiger partial charge < -0.3 is 10.2 Å². The Labute approximate surface area is 106 Å². The lowest BCUT2D eigenvalue weighted by Crippen LogP contribution is -2.19. The Bertz CT molecular complexity index is 554. The van der Waals surface area contributed by atoms with E-state index >= 15 is 0 Å². The number of hydrogen-bond donors (Lipinski definition) is 1. The van der Waals surface area contributed by atoms with Gasteiger partial charge in [0, 0.05) is 25.8 Å². The number of fused-ring (bicyclic) bond motifs is 1. The van der Waals surface area contributed by atoms with Gasteiger partial charge in [-0.05, 0) is 18.9 Å². The van der Waals surface area contributed by atoms with Gasteiger partial charge in [-0.3, -0.25) is 0 Å². The highest BCUT2D eigenvalue weighted by atomic mass is 15.3. The van der Waals surface area contributed by atoms with Crippen LogP contribution in [0.1, 0.15) is 12.8 Å². The zero-order valence-electron chi connectivity index (χ0n) is 10.3. The van der Waals surface area contributed by atoms with Gasteiger partial charge in [0.15, 0.2) is 5.65 Å². The highest BCUT2D eigenvalue weighted by Crippen LogP contribution is 2.21.